The highest BCUT2D eigenvalue weighted by Crippen LogP contribution is 2.24. The van der Waals surface area contributed by atoms with Gasteiger partial charge in [0.15, 0.2) is 0 Å². The Balaban J connectivity index is 2.08. The first kappa shape index (κ1) is 15.9. The summed E-state index contributed by atoms with van der Waals surface area (Å²) >= 11 is 0. The quantitative estimate of drug-likeness (QED) is 0.880. The third kappa shape index (κ3) is 4.80. The normalized spacial score (nSPS) is 11.1. The molecule has 118 valence electrons. The highest BCUT2D eigenvalue weighted by atomic mass is 19.1. The lowest BCUT2D eigenvalue weighted by Crippen LogP contribution is -2.27. The summed E-state index contributed by atoms with van der Waals surface area (Å²) in [6.45, 7) is 5.77. The average Bonchev–Trinajstić information content (AvgIpc) is 2.90. The fourth-order valence-electron chi connectivity index (χ4n) is 1.78. The topological polar surface area (TPSA) is 63.5 Å². The maximum atomic E-state index is 13.4. The van der Waals surface area contributed by atoms with Crippen molar-refractivity contribution in [3.63, 3.8) is 0 Å². The van der Waals surface area contributed by atoms with Gasteiger partial charge >= 0.3 is 6.09 Å². The molecule has 0 spiro atoms. The molecule has 0 aliphatic rings. The number of ether oxygens (including phenoxy) is 1. The first-order valence-corrected chi connectivity index (χ1v) is 6.88. The fourth-order valence-corrected chi connectivity index (χ4v) is 1.78. The van der Waals surface area contributed by atoms with E-state index in [-0.39, 0.29) is 0 Å². The van der Waals surface area contributed by atoms with Crippen molar-refractivity contribution in [3.05, 3.63) is 48.2 Å². The number of hydrogen-bond acceptors (Lipinski definition) is 4. The molecule has 0 radical (unpaired) electrons. The van der Waals surface area contributed by atoms with Gasteiger partial charge in [-0.1, -0.05) is 0 Å². The van der Waals surface area contributed by atoms with E-state index in [9.17, 15) is 9.18 Å². The Morgan fingerprint density at radius 3 is 2.68 bits per heavy atom. The first-order valence-electron chi connectivity index (χ1n) is 6.88. The molecule has 1 aromatic carbocycles. The van der Waals surface area contributed by atoms with Gasteiger partial charge in [-0.2, -0.15) is 0 Å². The largest absolute Gasteiger partial charge is 0.472 e. The molecule has 0 bridgehead atoms. The van der Waals surface area contributed by atoms with E-state index in [1.54, 1.807) is 39.4 Å². The molecule has 0 saturated heterocycles. The van der Waals surface area contributed by atoms with Crippen LogP contribution >= 0.6 is 0 Å². The van der Waals surface area contributed by atoms with Gasteiger partial charge in [-0.25, -0.2) is 9.18 Å². The number of anilines is 2. The van der Waals surface area contributed by atoms with Gasteiger partial charge in [-0.15, -0.1) is 0 Å². The van der Waals surface area contributed by atoms with Gasteiger partial charge in [0.05, 0.1) is 23.9 Å². The van der Waals surface area contributed by atoms with E-state index in [1.165, 1.54) is 18.2 Å². The minimum absolute atomic E-state index is 0.399. The summed E-state index contributed by atoms with van der Waals surface area (Å²) in [6.07, 6.45) is 2.56. The molecule has 1 amide bonds. The van der Waals surface area contributed by atoms with E-state index in [1.807, 2.05) is 0 Å². The lowest BCUT2D eigenvalue weighted by atomic mass is 10.2. The zero-order valence-corrected chi connectivity index (χ0v) is 12.8. The second-order valence-electron chi connectivity index (χ2n) is 5.80. The molecular formula is C16H19FN2O3. The van der Waals surface area contributed by atoms with Crippen molar-refractivity contribution < 1.29 is 18.3 Å². The van der Waals surface area contributed by atoms with Crippen LogP contribution in [0.5, 0.6) is 0 Å². The monoisotopic (exact) mass is 306 g/mol. The van der Waals surface area contributed by atoms with Gasteiger partial charge in [0.2, 0.25) is 0 Å². The molecule has 2 rings (SSSR count). The standard InChI is InChI=1S/C16H19FN2O3/c1-16(2,3)22-15(20)19-13-5-4-12(17)8-14(13)18-9-11-6-7-21-10-11/h4-8,10,18H,9H2,1-3H3,(H,19,20). The number of furan rings is 1. The van der Waals surface area contributed by atoms with Gasteiger partial charge in [-0.05, 0) is 45.0 Å². The van der Waals surface area contributed by atoms with Crippen molar-refractivity contribution in [2.24, 2.45) is 0 Å². The number of hydrogen-bond donors (Lipinski definition) is 2. The summed E-state index contributed by atoms with van der Waals surface area (Å²) in [4.78, 5) is 11.8. The summed E-state index contributed by atoms with van der Waals surface area (Å²) in [5, 5.41) is 5.67. The summed E-state index contributed by atoms with van der Waals surface area (Å²) in [5.74, 6) is -0.399. The lowest BCUT2D eigenvalue weighted by molar-refractivity contribution is 0.0636. The highest BCUT2D eigenvalue weighted by molar-refractivity contribution is 5.89. The van der Waals surface area contributed by atoms with Crippen molar-refractivity contribution in [1.29, 1.82) is 0 Å². The van der Waals surface area contributed by atoms with Gasteiger partial charge < -0.3 is 14.5 Å². The van der Waals surface area contributed by atoms with Crippen LogP contribution in [0.3, 0.4) is 0 Å². The lowest BCUT2D eigenvalue weighted by Gasteiger charge is -2.20. The Morgan fingerprint density at radius 1 is 1.27 bits per heavy atom. The van der Waals surface area contributed by atoms with E-state index in [4.69, 9.17) is 9.15 Å². The molecule has 2 N–H and O–H groups in total. The molecule has 22 heavy (non-hydrogen) atoms. The Kier molecular flexibility index (Phi) is 4.70. The molecule has 0 aliphatic carbocycles. The highest BCUT2D eigenvalue weighted by Gasteiger charge is 2.17. The first-order chi connectivity index (χ1) is 10.3. The SMILES string of the molecule is CC(C)(C)OC(=O)Nc1ccc(F)cc1NCc1ccoc1. The van der Waals surface area contributed by atoms with Crippen LogP contribution < -0.4 is 10.6 Å². The Labute approximate surface area is 128 Å². The van der Waals surface area contributed by atoms with Crippen LogP contribution in [-0.4, -0.2) is 11.7 Å². The van der Waals surface area contributed by atoms with E-state index >= 15 is 0 Å². The predicted molar refractivity (Wildman–Crippen MR) is 82.3 cm³/mol. The molecule has 0 fully saturated rings. The van der Waals surface area contributed by atoms with Crippen LogP contribution in [0.4, 0.5) is 20.6 Å². The summed E-state index contributed by atoms with van der Waals surface area (Å²) in [6, 6.07) is 5.87. The maximum Gasteiger partial charge on any atom is 0.412 e. The van der Waals surface area contributed by atoms with Crippen molar-refractivity contribution in [3.8, 4) is 0 Å². The van der Waals surface area contributed by atoms with Gasteiger partial charge in [0, 0.05) is 12.1 Å². The minimum Gasteiger partial charge on any atom is -0.472 e. The van der Waals surface area contributed by atoms with Crippen molar-refractivity contribution in [2.75, 3.05) is 10.6 Å². The van der Waals surface area contributed by atoms with E-state index in [0.29, 0.717) is 17.9 Å². The zero-order valence-electron chi connectivity index (χ0n) is 12.8. The van der Waals surface area contributed by atoms with Gasteiger partial charge in [0.25, 0.3) is 0 Å². The second kappa shape index (κ2) is 6.51. The Hall–Kier alpha value is -2.50. The zero-order chi connectivity index (χ0) is 16.2. The molecule has 6 heteroatoms. The number of carbonyl (C=O) groups is 1. The molecular weight excluding hydrogens is 287 g/mol. The summed E-state index contributed by atoms with van der Waals surface area (Å²) in [7, 11) is 0. The number of halogens is 1. The van der Waals surface area contributed by atoms with Crippen molar-refractivity contribution in [2.45, 2.75) is 32.9 Å². The van der Waals surface area contributed by atoms with Crippen LogP contribution in [0.15, 0.2) is 41.2 Å². The van der Waals surface area contributed by atoms with Gasteiger partial charge in [-0.3, -0.25) is 5.32 Å². The van der Waals surface area contributed by atoms with Crippen molar-refractivity contribution >= 4 is 17.5 Å². The smallest absolute Gasteiger partial charge is 0.412 e. The molecule has 0 aliphatic heterocycles. The van der Waals surface area contributed by atoms with Crippen LogP contribution in [0.2, 0.25) is 0 Å². The number of benzene rings is 1. The van der Waals surface area contributed by atoms with E-state index in [2.05, 4.69) is 10.6 Å². The maximum absolute atomic E-state index is 13.4. The van der Waals surface area contributed by atoms with Crippen LogP contribution in [0.25, 0.3) is 0 Å². The third-order valence-corrected chi connectivity index (χ3v) is 2.68. The molecule has 1 heterocycles. The second-order valence-corrected chi connectivity index (χ2v) is 5.80. The third-order valence-electron chi connectivity index (χ3n) is 2.68. The van der Waals surface area contributed by atoms with Crippen LogP contribution in [-0.2, 0) is 11.3 Å². The molecule has 0 atom stereocenters. The average molecular weight is 306 g/mol. The van der Waals surface area contributed by atoms with Gasteiger partial charge in [0.1, 0.15) is 11.4 Å². The summed E-state index contributed by atoms with van der Waals surface area (Å²) in [5.41, 5.74) is 1.22. The number of carbonyl (C=O) groups excluding carboxylic acids is 1. The predicted octanol–water partition coefficient (Wildman–Crippen LogP) is 4.38. The number of nitrogens with one attached hydrogen (secondary N) is 2. The van der Waals surface area contributed by atoms with E-state index in [0.717, 1.165) is 5.56 Å². The number of amides is 1. The molecule has 1 aromatic heterocycles. The van der Waals surface area contributed by atoms with Crippen LogP contribution in [0.1, 0.15) is 26.3 Å². The number of rotatable bonds is 4. The van der Waals surface area contributed by atoms with E-state index < -0.39 is 17.5 Å². The molecule has 0 unspecified atom stereocenters. The van der Waals surface area contributed by atoms with Crippen molar-refractivity contribution in [1.82, 2.24) is 0 Å². The fraction of sp³-hybridized carbons (Fsp3) is 0.312. The Morgan fingerprint density at radius 2 is 2.05 bits per heavy atom. The summed E-state index contributed by atoms with van der Waals surface area (Å²) < 4.78 is 23.6. The van der Waals surface area contributed by atoms with Crippen LogP contribution in [0, 0.1) is 5.82 Å². The Bertz CT molecular complexity index is 633. The molecule has 0 saturated carbocycles. The minimum atomic E-state index is -0.603. The molecule has 5 nitrogen and oxygen atoms in total. The molecule has 2 aromatic rings.